The van der Waals surface area contributed by atoms with Gasteiger partial charge in [0.15, 0.2) is 0 Å². The Hall–Kier alpha value is -3.14. The van der Waals surface area contributed by atoms with Crippen molar-refractivity contribution >= 4 is 12.2 Å². The predicted molar refractivity (Wildman–Crippen MR) is 137 cm³/mol. The number of benzene rings is 2. The van der Waals surface area contributed by atoms with Crippen LogP contribution >= 0.6 is 0 Å². The van der Waals surface area contributed by atoms with E-state index in [4.69, 9.17) is 10.5 Å². The second kappa shape index (κ2) is 12.7. The van der Waals surface area contributed by atoms with Crippen molar-refractivity contribution in [2.75, 3.05) is 0 Å². The Labute approximate surface area is 212 Å². The normalized spacial score (nSPS) is 15.8. The highest BCUT2D eigenvalue weighted by Gasteiger charge is 2.47. The van der Waals surface area contributed by atoms with Crippen LogP contribution in [0.25, 0.3) is 0 Å². The molecule has 2 aromatic rings. The molecule has 2 aromatic carbocycles. The van der Waals surface area contributed by atoms with Gasteiger partial charge in [0.1, 0.15) is 17.4 Å². The maximum atomic E-state index is 12.7. The van der Waals surface area contributed by atoms with Gasteiger partial charge in [0.25, 0.3) is 0 Å². The van der Waals surface area contributed by atoms with Crippen LogP contribution in [0.2, 0.25) is 0 Å². The minimum absolute atomic E-state index is 0.0406. The van der Waals surface area contributed by atoms with Gasteiger partial charge in [-0.25, -0.2) is 9.59 Å². The highest BCUT2D eigenvalue weighted by atomic mass is 16.6. The van der Waals surface area contributed by atoms with Crippen LogP contribution in [0.5, 0.6) is 0 Å². The van der Waals surface area contributed by atoms with Gasteiger partial charge in [0, 0.05) is 0 Å². The molecule has 0 saturated heterocycles. The molecule has 0 bridgehead atoms. The lowest BCUT2D eigenvalue weighted by molar-refractivity contribution is -0.0747. The second-order valence-corrected chi connectivity index (χ2v) is 9.99. The molecule has 36 heavy (non-hydrogen) atoms. The van der Waals surface area contributed by atoms with Crippen LogP contribution in [0.4, 0.5) is 9.59 Å². The summed E-state index contributed by atoms with van der Waals surface area (Å²) in [5.41, 5.74) is 5.74. The van der Waals surface area contributed by atoms with Crippen LogP contribution in [-0.4, -0.2) is 62.0 Å². The maximum absolute atomic E-state index is 12.7. The van der Waals surface area contributed by atoms with Crippen LogP contribution in [-0.2, 0) is 17.6 Å². The van der Waals surface area contributed by atoms with E-state index in [1.165, 1.54) is 6.92 Å². The number of aliphatic hydroxyl groups excluding tert-OH is 2. The Kier molecular flexibility index (Phi) is 10.3. The van der Waals surface area contributed by atoms with Crippen LogP contribution in [0, 0.1) is 0 Å². The van der Waals surface area contributed by atoms with E-state index in [1.54, 1.807) is 20.8 Å². The van der Waals surface area contributed by atoms with Crippen LogP contribution in [0.1, 0.15) is 51.7 Å². The Morgan fingerprint density at radius 3 is 1.92 bits per heavy atom. The highest BCUT2D eigenvalue weighted by molar-refractivity contribution is 5.71. The summed E-state index contributed by atoms with van der Waals surface area (Å²) in [7, 11) is 0. The molecule has 0 spiro atoms. The van der Waals surface area contributed by atoms with Crippen LogP contribution in [0.3, 0.4) is 0 Å². The molecule has 0 aliphatic carbocycles. The molecule has 9 heteroatoms. The molecule has 0 aromatic heterocycles. The van der Waals surface area contributed by atoms with Gasteiger partial charge in [-0.2, -0.15) is 0 Å². The number of carbonyl (C=O) groups excluding carboxylic acids is 1. The summed E-state index contributed by atoms with van der Waals surface area (Å²) in [5.74, 6) is 0. The third-order valence-electron chi connectivity index (χ3n) is 5.91. The molecular weight excluding hydrogens is 462 g/mol. The number of amides is 2. The number of carboxylic acid groups (broad SMARTS) is 1. The molecule has 0 radical (unpaired) electrons. The summed E-state index contributed by atoms with van der Waals surface area (Å²) in [6.07, 6.45) is -5.57. The number of hydrogen-bond acceptors (Lipinski definition) is 6. The molecule has 2 amide bonds. The van der Waals surface area contributed by atoms with E-state index < -0.39 is 41.8 Å². The summed E-state index contributed by atoms with van der Waals surface area (Å²) in [5, 5.41) is 34.6. The lowest BCUT2D eigenvalue weighted by Crippen LogP contribution is -2.72. The van der Waals surface area contributed by atoms with Gasteiger partial charge in [-0.3, -0.25) is 10.2 Å². The quantitative estimate of drug-likeness (QED) is 0.296. The van der Waals surface area contributed by atoms with E-state index >= 15 is 0 Å². The number of nitrogens with zero attached hydrogens (tertiary/aromatic N) is 1. The third kappa shape index (κ3) is 8.51. The summed E-state index contributed by atoms with van der Waals surface area (Å²) in [4.78, 5) is 26.0. The zero-order valence-electron chi connectivity index (χ0n) is 21.4. The lowest BCUT2D eigenvalue weighted by Gasteiger charge is -2.46. The van der Waals surface area contributed by atoms with Gasteiger partial charge in [-0.05, 0) is 64.5 Å². The van der Waals surface area contributed by atoms with Gasteiger partial charge in [0.05, 0.1) is 12.2 Å². The summed E-state index contributed by atoms with van der Waals surface area (Å²) in [6, 6.07) is 18.7. The first-order valence-corrected chi connectivity index (χ1v) is 12.1. The molecular formula is C27H39N3O6. The topological polar surface area (TPSA) is 145 Å². The number of alkyl carbamates (subject to hydrolysis) is 1. The Morgan fingerprint density at radius 1 is 0.972 bits per heavy atom. The van der Waals surface area contributed by atoms with E-state index in [0.29, 0.717) is 12.8 Å². The molecule has 4 atom stereocenters. The minimum atomic E-state index is -1.82. The monoisotopic (exact) mass is 501 g/mol. The molecule has 198 valence electrons. The van der Waals surface area contributed by atoms with Gasteiger partial charge in [-0.1, -0.05) is 60.7 Å². The Bertz CT molecular complexity index is 964. The number of nitrogens with one attached hydrogen (secondary N) is 1. The second-order valence-electron chi connectivity index (χ2n) is 9.99. The largest absolute Gasteiger partial charge is 0.465 e. The smallest absolute Gasteiger partial charge is 0.410 e. The molecule has 0 fully saturated rings. The average Bonchev–Trinajstić information content (AvgIpc) is 2.80. The molecule has 6 N–H and O–H groups in total. The fourth-order valence-electron chi connectivity index (χ4n) is 3.95. The average molecular weight is 502 g/mol. The maximum Gasteiger partial charge on any atom is 0.410 e. The van der Waals surface area contributed by atoms with Crippen molar-refractivity contribution in [3.63, 3.8) is 0 Å². The zero-order valence-corrected chi connectivity index (χ0v) is 21.4. The molecule has 0 heterocycles. The van der Waals surface area contributed by atoms with Crippen LogP contribution < -0.4 is 11.1 Å². The lowest BCUT2D eigenvalue weighted by atomic mass is 9.92. The molecule has 2 rings (SSSR count). The standard InChI is InChI=1S/C27H39N3O6/c1-19(31)27(28,18-17-21-13-9-6-10-14-21)30(25(34)35)23(29-24(33)36-26(2,3)4)22(32)16-15-20-11-7-5-8-12-20/h5-14,19,22-23,31-32H,15-18,28H2,1-4H3,(H,29,33)(H,34,35). The van der Waals surface area contributed by atoms with E-state index in [1.807, 2.05) is 60.7 Å². The number of nitrogens with two attached hydrogens (primary N) is 1. The van der Waals surface area contributed by atoms with Crippen molar-refractivity contribution in [1.82, 2.24) is 10.2 Å². The molecule has 9 nitrogen and oxygen atoms in total. The summed E-state index contributed by atoms with van der Waals surface area (Å²) >= 11 is 0. The van der Waals surface area contributed by atoms with E-state index in [0.717, 1.165) is 16.0 Å². The first-order chi connectivity index (χ1) is 16.8. The van der Waals surface area contributed by atoms with E-state index in [2.05, 4.69) is 5.32 Å². The molecule has 4 unspecified atom stereocenters. The number of carbonyl (C=O) groups is 2. The van der Waals surface area contributed by atoms with E-state index in [-0.39, 0.29) is 12.8 Å². The van der Waals surface area contributed by atoms with E-state index in [9.17, 15) is 24.9 Å². The zero-order chi connectivity index (χ0) is 26.9. The van der Waals surface area contributed by atoms with Crippen LogP contribution in [0.15, 0.2) is 60.7 Å². The highest BCUT2D eigenvalue weighted by Crippen LogP contribution is 2.26. The molecule has 0 aliphatic heterocycles. The fourth-order valence-corrected chi connectivity index (χ4v) is 3.95. The van der Waals surface area contributed by atoms with Crippen molar-refractivity contribution in [3.05, 3.63) is 71.8 Å². The number of hydrogen-bond donors (Lipinski definition) is 5. The van der Waals surface area contributed by atoms with Gasteiger partial charge in [-0.15, -0.1) is 0 Å². The Balaban J connectivity index is 2.38. The Morgan fingerprint density at radius 2 is 1.47 bits per heavy atom. The van der Waals surface area contributed by atoms with Crippen molar-refractivity contribution in [3.8, 4) is 0 Å². The SMILES string of the molecule is CC(O)C(N)(CCc1ccccc1)N(C(=O)O)C(NC(=O)OC(C)(C)C)C(O)CCc1ccccc1. The van der Waals surface area contributed by atoms with Gasteiger partial charge < -0.3 is 25.8 Å². The first kappa shape index (κ1) is 29.1. The van der Waals surface area contributed by atoms with Crippen molar-refractivity contribution in [2.24, 2.45) is 5.73 Å². The number of aryl methyl sites for hydroxylation is 2. The third-order valence-corrected chi connectivity index (χ3v) is 5.91. The number of aliphatic hydroxyl groups is 2. The predicted octanol–water partition coefficient (Wildman–Crippen LogP) is 3.48. The van der Waals surface area contributed by atoms with Crippen molar-refractivity contribution in [2.45, 2.75) is 83.0 Å². The molecule has 0 aliphatic rings. The van der Waals surface area contributed by atoms with Crippen molar-refractivity contribution in [1.29, 1.82) is 0 Å². The molecule has 0 saturated carbocycles. The van der Waals surface area contributed by atoms with Crippen molar-refractivity contribution < 1.29 is 29.6 Å². The number of ether oxygens (including phenoxy) is 1. The number of rotatable bonds is 11. The van der Waals surface area contributed by atoms with Gasteiger partial charge >= 0.3 is 12.2 Å². The first-order valence-electron chi connectivity index (χ1n) is 12.1. The fraction of sp³-hybridized carbons (Fsp3) is 0.481. The van der Waals surface area contributed by atoms with Gasteiger partial charge in [0.2, 0.25) is 0 Å². The summed E-state index contributed by atoms with van der Waals surface area (Å²) in [6.45, 7) is 6.41. The summed E-state index contributed by atoms with van der Waals surface area (Å²) < 4.78 is 5.33. The minimum Gasteiger partial charge on any atom is -0.465 e.